The molecule has 5 heteroatoms. The summed E-state index contributed by atoms with van der Waals surface area (Å²) >= 11 is 5.70. The third-order valence-corrected chi connectivity index (χ3v) is 3.65. The summed E-state index contributed by atoms with van der Waals surface area (Å²) in [5.41, 5.74) is 3.82. The third-order valence-electron chi connectivity index (χ3n) is 2.28. The van der Waals surface area contributed by atoms with Crippen LogP contribution in [0.25, 0.3) is 0 Å². The van der Waals surface area contributed by atoms with Gasteiger partial charge in [0, 0.05) is 3.57 Å². The average molecular weight is 393 g/mol. The number of rotatable bonds is 3. The first kappa shape index (κ1) is 12.1. The molecule has 1 heterocycles. The largest absolute Gasteiger partial charge is 0.466 e. The number of halogens is 2. The zero-order valence-corrected chi connectivity index (χ0v) is 12.0. The van der Waals surface area contributed by atoms with Gasteiger partial charge >= 0.3 is 0 Å². The zero-order valence-electron chi connectivity index (χ0n) is 8.28. The second-order valence-electron chi connectivity index (χ2n) is 3.28. The molecule has 1 unspecified atom stereocenters. The summed E-state index contributed by atoms with van der Waals surface area (Å²) < 4.78 is 7.51. The molecule has 0 saturated carbocycles. The van der Waals surface area contributed by atoms with Crippen molar-refractivity contribution in [3.8, 4) is 0 Å². The molecule has 0 saturated heterocycles. The van der Waals surface area contributed by atoms with Crippen molar-refractivity contribution in [3.05, 3.63) is 56.0 Å². The predicted octanol–water partition coefficient (Wildman–Crippen LogP) is 3.20. The Morgan fingerprint density at radius 2 is 1.94 bits per heavy atom. The maximum absolute atomic E-state index is 5.57. The summed E-state index contributed by atoms with van der Waals surface area (Å²) in [4.78, 5) is 0. The maximum Gasteiger partial charge on any atom is 0.140 e. The smallest absolute Gasteiger partial charge is 0.140 e. The molecular weight excluding hydrogens is 383 g/mol. The van der Waals surface area contributed by atoms with Gasteiger partial charge in [-0.25, -0.2) is 5.43 Å². The lowest BCUT2D eigenvalue weighted by Gasteiger charge is -2.14. The number of nitrogens with one attached hydrogen (secondary N) is 1. The number of nitrogens with two attached hydrogens (primary N) is 1. The van der Waals surface area contributed by atoms with E-state index < -0.39 is 0 Å². The Balaban J connectivity index is 2.37. The first-order valence-electron chi connectivity index (χ1n) is 4.67. The lowest BCUT2D eigenvalue weighted by atomic mass is 10.1. The minimum absolute atomic E-state index is 0.138. The van der Waals surface area contributed by atoms with Crippen molar-refractivity contribution >= 4 is 38.5 Å². The SMILES string of the molecule is NNC(c1ccc(I)cc1)c1occc1Br. The third kappa shape index (κ3) is 2.48. The molecule has 16 heavy (non-hydrogen) atoms. The van der Waals surface area contributed by atoms with Gasteiger partial charge in [0.05, 0.1) is 10.7 Å². The van der Waals surface area contributed by atoms with Gasteiger partial charge in [0.15, 0.2) is 0 Å². The van der Waals surface area contributed by atoms with Crippen molar-refractivity contribution < 1.29 is 4.42 Å². The second kappa shape index (κ2) is 5.31. The molecule has 1 aromatic heterocycles. The average Bonchev–Trinajstić information content (AvgIpc) is 2.69. The lowest BCUT2D eigenvalue weighted by Crippen LogP contribution is -2.28. The second-order valence-corrected chi connectivity index (χ2v) is 5.38. The van der Waals surface area contributed by atoms with Crippen LogP contribution in [-0.2, 0) is 0 Å². The highest BCUT2D eigenvalue weighted by molar-refractivity contribution is 14.1. The molecule has 3 nitrogen and oxygen atoms in total. The van der Waals surface area contributed by atoms with Crippen LogP contribution in [0.3, 0.4) is 0 Å². The van der Waals surface area contributed by atoms with E-state index in [1.165, 1.54) is 3.57 Å². The van der Waals surface area contributed by atoms with Crippen molar-refractivity contribution in [2.75, 3.05) is 0 Å². The Labute approximate surface area is 116 Å². The molecule has 2 rings (SSSR count). The molecule has 0 aliphatic carbocycles. The zero-order chi connectivity index (χ0) is 11.5. The van der Waals surface area contributed by atoms with Crippen LogP contribution in [0, 0.1) is 3.57 Å². The molecular formula is C11H10BrIN2O. The Bertz CT molecular complexity index is 469. The van der Waals surface area contributed by atoms with Gasteiger partial charge < -0.3 is 4.42 Å². The van der Waals surface area contributed by atoms with Crippen molar-refractivity contribution in [1.82, 2.24) is 5.43 Å². The molecule has 0 radical (unpaired) electrons. The van der Waals surface area contributed by atoms with Crippen LogP contribution in [0.15, 0.2) is 45.5 Å². The van der Waals surface area contributed by atoms with Crippen molar-refractivity contribution in [2.24, 2.45) is 5.84 Å². The van der Waals surface area contributed by atoms with Gasteiger partial charge in [0.2, 0.25) is 0 Å². The Hall–Kier alpha value is -0.370. The molecule has 2 aromatic rings. The van der Waals surface area contributed by atoms with E-state index >= 15 is 0 Å². The van der Waals surface area contributed by atoms with E-state index in [0.29, 0.717) is 0 Å². The van der Waals surface area contributed by atoms with Crippen LogP contribution in [0.1, 0.15) is 17.4 Å². The van der Waals surface area contributed by atoms with E-state index in [2.05, 4.69) is 43.9 Å². The highest BCUT2D eigenvalue weighted by atomic mass is 127. The summed E-state index contributed by atoms with van der Waals surface area (Å²) in [6.45, 7) is 0. The van der Waals surface area contributed by atoms with Gasteiger partial charge in [-0.15, -0.1) is 0 Å². The summed E-state index contributed by atoms with van der Waals surface area (Å²) in [5, 5.41) is 0. The van der Waals surface area contributed by atoms with Gasteiger partial charge in [-0.3, -0.25) is 5.84 Å². The van der Waals surface area contributed by atoms with Crippen LogP contribution in [-0.4, -0.2) is 0 Å². The molecule has 0 aliphatic rings. The fourth-order valence-electron chi connectivity index (χ4n) is 1.49. The van der Waals surface area contributed by atoms with Gasteiger partial charge in [-0.05, 0) is 62.3 Å². The molecule has 84 valence electrons. The molecule has 3 N–H and O–H groups in total. The minimum atomic E-state index is -0.138. The van der Waals surface area contributed by atoms with E-state index in [0.717, 1.165) is 15.8 Å². The molecule has 0 amide bonds. The van der Waals surface area contributed by atoms with E-state index in [-0.39, 0.29) is 6.04 Å². The van der Waals surface area contributed by atoms with E-state index in [1.54, 1.807) is 6.26 Å². The van der Waals surface area contributed by atoms with Crippen LogP contribution in [0.4, 0.5) is 0 Å². The number of hydrazine groups is 1. The fourth-order valence-corrected chi connectivity index (χ4v) is 2.28. The molecule has 1 atom stereocenters. The summed E-state index contributed by atoms with van der Waals surface area (Å²) in [7, 11) is 0. The van der Waals surface area contributed by atoms with Gasteiger partial charge in [-0.2, -0.15) is 0 Å². The minimum Gasteiger partial charge on any atom is -0.466 e. The van der Waals surface area contributed by atoms with Crippen LogP contribution in [0.2, 0.25) is 0 Å². The van der Waals surface area contributed by atoms with E-state index in [1.807, 2.05) is 30.3 Å². The van der Waals surface area contributed by atoms with E-state index in [9.17, 15) is 0 Å². The molecule has 0 spiro atoms. The molecule has 1 aromatic carbocycles. The number of hydrogen-bond donors (Lipinski definition) is 2. The van der Waals surface area contributed by atoms with Crippen LogP contribution < -0.4 is 11.3 Å². The molecule has 0 bridgehead atoms. The topological polar surface area (TPSA) is 51.2 Å². The fraction of sp³-hybridized carbons (Fsp3) is 0.0909. The first-order valence-corrected chi connectivity index (χ1v) is 6.54. The number of furan rings is 1. The van der Waals surface area contributed by atoms with Crippen molar-refractivity contribution in [3.63, 3.8) is 0 Å². The molecule has 0 aliphatic heterocycles. The van der Waals surface area contributed by atoms with Gasteiger partial charge in [0.1, 0.15) is 11.8 Å². The monoisotopic (exact) mass is 392 g/mol. The standard InChI is InChI=1S/C11H10BrIN2O/c12-9-5-6-16-11(9)10(15-14)7-1-3-8(13)4-2-7/h1-6,10,15H,14H2. The lowest BCUT2D eigenvalue weighted by molar-refractivity contribution is 0.450. The van der Waals surface area contributed by atoms with Crippen LogP contribution in [0.5, 0.6) is 0 Å². The summed E-state index contributed by atoms with van der Waals surface area (Å²) in [5.74, 6) is 6.35. The number of benzene rings is 1. The normalized spacial score (nSPS) is 12.7. The Kier molecular flexibility index (Phi) is 4.01. The van der Waals surface area contributed by atoms with E-state index in [4.69, 9.17) is 10.3 Å². The maximum atomic E-state index is 5.57. The number of hydrogen-bond acceptors (Lipinski definition) is 3. The Morgan fingerprint density at radius 1 is 1.25 bits per heavy atom. The van der Waals surface area contributed by atoms with Crippen LogP contribution >= 0.6 is 38.5 Å². The highest BCUT2D eigenvalue weighted by Gasteiger charge is 2.18. The van der Waals surface area contributed by atoms with Gasteiger partial charge in [-0.1, -0.05) is 12.1 Å². The summed E-state index contributed by atoms with van der Waals surface area (Å²) in [6.07, 6.45) is 1.64. The highest BCUT2D eigenvalue weighted by Crippen LogP contribution is 2.29. The Morgan fingerprint density at radius 3 is 2.44 bits per heavy atom. The predicted molar refractivity (Wildman–Crippen MR) is 74.7 cm³/mol. The van der Waals surface area contributed by atoms with Gasteiger partial charge in [0.25, 0.3) is 0 Å². The molecule has 0 fully saturated rings. The van der Waals surface area contributed by atoms with Crippen molar-refractivity contribution in [2.45, 2.75) is 6.04 Å². The summed E-state index contributed by atoms with van der Waals surface area (Å²) in [6, 6.07) is 9.85. The van der Waals surface area contributed by atoms with Crippen molar-refractivity contribution in [1.29, 1.82) is 0 Å². The first-order chi connectivity index (χ1) is 7.72. The quantitative estimate of drug-likeness (QED) is 0.479.